The third-order valence-corrected chi connectivity index (χ3v) is 4.50. The summed E-state index contributed by atoms with van der Waals surface area (Å²) in [4.78, 5) is 27.1. The topological polar surface area (TPSA) is 66.9 Å². The van der Waals surface area contributed by atoms with Crippen LogP contribution in [0.1, 0.15) is 25.8 Å². The summed E-state index contributed by atoms with van der Waals surface area (Å²) in [6, 6.07) is 17.6. The number of H-pyrrole nitrogens is 1. The van der Waals surface area contributed by atoms with Gasteiger partial charge in [-0.2, -0.15) is 0 Å². The molecule has 0 bridgehead atoms. The standard InChI is InChI=1S/C20H23N3O2/c1-20(2,15-8-4-3-5-9-15)14-18(24)21-12-13-23-17-11-7-6-10-16(17)22-19(23)25/h3-11H,12-14H2,1-2H3,(H,21,24)(H,22,25). The number of nitrogens with one attached hydrogen (secondary N) is 2. The molecule has 0 fully saturated rings. The third-order valence-electron chi connectivity index (χ3n) is 4.50. The van der Waals surface area contributed by atoms with Crippen LogP contribution in [0.15, 0.2) is 59.4 Å². The first-order valence-corrected chi connectivity index (χ1v) is 8.47. The minimum Gasteiger partial charge on any atom is -0.354 e. The molecular formula is C20H23N3O2. The second-order valence-corrected chi connectivity index (χ2v) is 6.88. The number of amides is 1. The first kappa shape index (κ1) is 17.0. The summed E-state index contributed by atoms with van der Waals surface area (Å²) >= 11 is 0. The van der Waals surface area contributed by atoms with Gasteiger partial charge in [-0.3, -0.25) is 9.36 Å². The highest BCUT2D eigenvalue weighted by molar-refractivity contribution is 5.77. The normalized spacial score (nSPS) is 11.6. The molecule has 1 aromatic heterocycles. The zero-order chi connectivity index (χ0) is 17.9. The molecule has 0 radical (unpaired) electrons. The number of benzene rings is 2. The van der Waals surface area contributed by atoms with Gasteiger partial charge in [0.1, 0.15) is 0 Å². The highest BCUT2D eigenvalue weighted by Gasteiger charge is 2.23. The Kier molecular flexibility index (Phi) is 4.74. The molecule has 2 N–H and O–H groups in total. The molecule has 0 saturated carbocycles. The second kappa shape index (κ2) is 6.97. The molecule has 0 aliphatic carbocycles. The summed E-state index contributed by atoms with van der Waals surface area (Å²) in [5, 5.41) is 2.93. The van der Waals surface area contributed by atoms with Crippen LogP contribution < -0.4 is 11.0 Å². The quantitative estimate of drug-likeness (QED) is 0.726. The summed E-state index contributed by atoms with van der Waals surface area (Å²) in [6.45, 7) is 4.99. The molecule has 1 heterocycles. The molecule has 0 aliphatic heterocycles. The molecule has 130 valence electrons. The molecular weight excluding hydrogens is 314 g/mol. The van der Waals surface area contributed by atoms with Gasteiger partial charge < -0.3 is 10.3 Å². The summed E-state index contributed by atoms with van der Waals surface area (Å²) in [6.07, 6.45) is 0.403. The summed E-state index contributed by atoms with van der Waals surface area (Å²) in [5.74, 6) is -0.0123. The predicted octanol–water partition coefficient (Wildman–Crippen LogP) is 2.81. The van der Waals surface area contributed by atoms with Crippen LogP contribution in [0.2, 0.25) is 0 Å². The smallest absolute Gasteiger partial charge is 0.326 e. The van der Waals surface area contributed by atoms with E-state index in [-0.39, 0.29) is 17.0 Å². The molecule has 3 aromatic rings. The molecule has 1 amide bonds. The van der Waals surface area contributed by atoms with Crippen LogP contribution in [0.25, 0.3) is 11.0 Å². The molecule has 2 aromatic carbocycles. The van der Waals surface area contributed by atoms with Gasteiger partial charge in [-0.1, -0.05) is 56.3 Å². The van der Waals surface area contributed by atoms with Gasteiger partial charge in [0.05, 0.1) is 11.0 Å². The van der Waals surface area contributed by atoms with Gasteiger partial charge in [-0.15, -0.1) is 0 Å². The highest BCUT2D eigenvalue weighted by Crippen LogP contribution is 2.26. The Bertz CT molecular complexity index is 923. The monoisotopic (exact) mass is 337 g/mol. The van der Waals surface area contributed by atoms with Crippen molar-refractivity contribution in [2.24, 2.45) is 0 Å². The van der Waals surface area contributed by atoms with Gasteiger partial charge in [-0.25, -0.2) is 4.79 Å². The van der Waals surface area contributed by atoms with E-state index in [0.29, 0.717) is 19.5 Å². The van der Waals surface area contributed by atoms with Crippen LogP contribution in [0.5, 0.6) is 0 Å². The van der Waals surface area contributed by atoms with Crippen molar-refractivity contribution in [3.05, 3.63) is 70.6 Å². The molecule has 0 spiro atoms. The molecule has 25 heavy (non-hydrogen) atoms. The van der Waals surface area contributed by atoms with Gasteiger partial charge >= 0.3 is 5.69 Å². The van der Waals surface area contributed by atoms with Crippen molar-refractivity contribution < 1.29 is 4.79 Å². The summed E-state index contributed by atoms with van der Waals surface area (Å²) < 4.78 is 1.65. The maximum atomic E-state index is 12.3. The molecule has 5 nitrogen and oxygen atoms in total. The highest BCUT2D eigenvalue weighted by atomic mass is 16.2. The Morgan fingerprint density at radius 2 is 1.76 bits per heavy atom. The van der Waals surface area contributed by atoms with Gasteiger partial charge in [0.2, 0.25) is 5.91 Å². The number of hydrogen-bond donors (Lipinski definition) is 2. The fourth-order valence-electron chi connectivity index (χ4n) is 3.09. The number of para-hydroxylation sites is 2. The number of imidazole rings is 1. The maximum Gasteiger partial charge on any atom is 0.326 e. The Hall–Kier alpha value is -2.82. The average Bonchev–Trinajstić information content (AvgIpc) is 2.91. The SMILES string of the molecule is CC(C)(CC(=O)NCCn1c(=O)[nH]c2ccccc21)c1ccccc1. The minimum atomic E-state index is -0.233. The van der Waals surface area contributed by atoms with E-state index in [4.69, 9.17) is 0 Å². The minimum absolute atomic E-state index is 0.0123. The van der Waals surface area contributed by atoms with Gasteiger partial charge in [0.25, 0.3) is 0 Å². The maximum absolute atomic E-state index is 12.3. The van der Waals surface area contributed by atoms with Crippen molar-refractivity contribution >= 4 is 16.9 Å². The molecule has 0 atom stereocenters. The lowest BCUT2D eigenvalue weighted by molar-refractivity contribution is -0.122. The number of carbonyl (C=O) groups is 1. The van der Waals surface area contributed by atoms with Gasteiger partial charge in [0.15, 0.2) is 0 Å². The molecule has 5 heteroatoms. The van der Waals surface area contributed by atoms with Crippen molar-refractivity contribution in [1.82, 2.24) is 14.9 Å². The van der Waals surface area contributed by atoms with Crippen LogP contribution in [0, 0.1) is 0 Å². The van der Waals surface area contributed by atoms with Crippen molar-refractivity contribution in [3.8, 4) is 0 Å². The number of carbonyl (C=O) groups excluding carboxylic acids is 1. The van der Waals surface area contributed by atoms with Crippen molar-refractivity contribution in [1.29, 1.82) is 0 Å². The summed E-state index contributed by atoms with van der Waals surface area (Å²) in [5.41, 5.74) is 2.41. The number of rotatable bonds is 6. The zero-order valence-corrected chi connectivity index (χ0v) is 14.6. The lowest BCUT2D eigenvalue weighted by Gasteiger charge is -2.24. The molecule has 0 saturated heterocycles. The second-order valence-electron chi connectivity index (χ2n) is 6.88. The van der Waals surface area contributed by atoms with E-state index in [1.807, 2.05) is 54.6 Å². The van der Waals surface area contributed by atoms with E-state index >= 15 is 0 Å². The number of hydrogen-bond acceptors (Lipinski definition) is 2. The van der Waals surface area contributed by atoms with Crippen molar-refractivity contribution in [2.75, 3.05) is 6.54 Å². The largest absolute Gasteiger partial charge is 0.354 e. The fraction of sp³-hybridized carbons (Fsp3) is 0.300. The lowest BCUT2D eigenvalue weighted by atomic mass is 9.81. The van der Waals surface area contributed by atoms with Crippen LogP contribution >= 0.6 is 0 Å². The fourth-order valence-corrected chi connectivity index (χ4v) is 3.09. The van der Waals surface area contributed by atoms with Crippen LogP contribution in [-0.4, -0.2) is 22.0 Å². The molecule has 3 rings (SSSR count). The number of fused-ring (bicyclic) bond motifs is 1. The first-order valence-electron chi connectivity index (χ1n) is 8.47. The first-order chi connectivity index (χ1) is 12.0. The van der Waals surface area contributed by atoms with E-state index in [1.54, 1.807) is 4.57 Å². The summed E-state index contributed by atoms with van der Waals surface area (Å²) in [7, 11) is 0. The predicted molar refractivity (Wildman–Crippen MR) is 99.7 cm³/mol. The number of aromatic nitrogens is 2. The van der Waals surface area contributed by atoms with Crippen LogP contribution in [-0.2, 0) is 16.8 Å². The van der Waals surface area contributed by atoms with E-state index < -0.39 is 0 Å². The van der Waals surface area contributed by atoms with E-state index in [0.717, 1.165) is 16.6 Å². The Balaban J connectivity index is 1.59. The Labute approximate surface area is 146 Å². The zero-order valence-electron chi connectivity index (χ0n) is 14.6. The lowest BCUT2D eigenvalue weighted by Crippen LogP contribution is -2.34. The van der Waals surface area contributed by atoms with Crippen LogP contribution in [0.4, 0.5) is 0 Å². The van der Waals surface area contributed by atoms with E-state index in [9.17, 15) is 9.59 Å². The van der Waals surface area contributed by atoms with Gasteiger partial charge in [-0.05, 0) is 23.1 Å². The Morgan fingerprint density at radius 1 is 1.08 bits per heavy atom. The molecule has 0 unspecified atom stereocenters. The van der Waals surface area contributed by atoms with Crippen molar-refractivity contribution in [2.45, 2.75) is 32.2 Å². The number of aromatic amines is 1. The van der Waals surface area contributed by atoms with Gasteiger partial charge in [0, 0.05) is 19.5 Å². The van der Waals surface area contributed by atoms with E-state index in [2.05, 4.69) is 24.1 Å². The molecule has 0 aliphatic rings. The van der Waals surface area contributed by atoms with Crippen LogP contribution in [0.3, 0.4) is 0 Å². The third kappa shape index (κ3) is 3.82. The van der Waals surface area contributed by atoms with Crippen molar-refractivity contribution in [3.63, 3.8) is 0 Å². The Morgan fingerprint density at radius 3 is 2.52 bits per heavy atom. The average molecular weight is 337 g/mol. The van der Waals surface area contributed by atoms with E-state index in [1.165, 1.54) is 0 Å². The number of nitrogens with zero attached hydrogens (tertiary/aromatic N) is 1.